The molecule has 1 aliphatic heterocycles. The van der Waals surface area contributed by atoms with Gasteiger partial charge in [0.15, 0.2) is 5.96 Å². The van der Waals surface area contributed by atoms with Crippen molar-refractivity contribution < 1.29 is 19.8 Å². The van der Waals surface area contributed by atoms with Crippen molar-refractivity contribution in [3.63, 3.8) is 0 Å². The number of benzene rings is 2. The number of hydrogen-bond donors (Lipinski definition) is 6. The Morgan fingerprint density at radius 2 is 2.05 bits per heavy atom. The highest BCUT2D eigenvalue weighted by Gasteiger charge is 2.45. The van der Waals surface area contributed by atoms with Gasteiger partial charge in [0.2, 0.25) is 5.91 Å². The van der Waals surface area contributed by atoms with Crippen LogP contribution in [0.3, 0.4) is 0 Å². The SMILES string of the molecule is CCC(NC(=O)CNC(=O)c1cc(O)cc(NC2=NCC(O)CN2)c1)c1cc(Br)cc(C2(C#N)CC2)c1. The maximum atomic E-state index is 12.7. The zero-order valence-corrected chi connectivity index (χ0v) is 21.9. The van der Waals surface area contributed by atoms with E-state index in [-0.39, 0.29) is 36.4 Å². The first kappa shape index (κ1) is 26.4. The molecule has 0 spiro atoms. The molecule has 1 fully saturated rings. The van der Waals surface area contributed by atoms with Crippen LogP contribution in [0.4, 0.5) is 5.69 Å². The third-order valence-corrected chi connectivity index (χ3v) is 6.86. The predicted octanol–water partition coefficient (Wildman–Crippen LogP) is 2.44. The van der Waals surface area contributed by atoms with Crippen molar-refractivity contribution in [3.05, 3.63) is 57.6 Å². The van der Waals surface area contributed by atoms with Crippen LogP contribution in [-0.2, 0) is 10.2 Å². The molecule has 1 saturated carbocycles. The van der Waals surface area contributed by atoms with Crippen LogP contribution in [0.2, 0.25) is 0 Å². The van der Waals surface area contributed by atoms with Crippen LogP contribution in [0.1, 0.15) is 53.7 Å². The lowest BCUT2D eigenvalue weighted by Gasteiger charge is -2.20. The Labute approximate surface area is 223 Å². The van der Waals surface area contributed by atoms with Gasteiger partial charge in [0.25, 0.3) is 5.91 Å². The van der Waals surface area contributed by atoms with Crippen molar-refractivity contribution in [3.8, 4) is 11.8 Å². The summed E-state index contributed by atoms with van der Waals surface area (Å²) in [5.41, 5.74) is 1.99. The van der Waals surface area contributed by atoms with Crippen molar-refractivity contribution in [2.45, 2.75) is 43.7 Å². The summed E-state index contributed by atoms with van der Waals surface area (Å²) >= 11 is 3.52. The standard InChI is InChI=1S/C26H29BrN6O4/c1-2-22(15-5-17(9-18(27)6-15)26(14-28)3-4-26)33-23(36)13-29-24(37)16-7-19(10-20(34)8-16)32-25-30-11-21(35)12-31-25/h5-10,21-22,34-35H,2-4,11-13H2,1H3,(H,29,37)(H,33,36)(H2,30,31,32). The Balaban J connectivity index is 1.37. The topological polar surface area (TPSA) is 159 Å². The number of aromatic hydroxyl groups is 1. The van der Waals surface area contributed by atoms with Gasteiger partial charge in [0, 0.05) is 28.3 Å². The van der Waals surface area contributed by atoms with Crippen LogP contribution >= 0.6 is 15.9 Å². The van der Waals surface area contributed by atoms with Gasteiger partial charge in [-0.1, -0.05) is 28.9 Å². The number of aliphatic hydroxyl groups excluding tert-OH is 1. The molecule has 2 unspecified atom stereocenters. The number of rotatable bonds is 8. The molecule has 0 aromatic heterocycles. The molecule has 10 nitrogen and oxygen atoms in total. The van der Waals surface area contributed by atoms with Crippen LogP contribution in [-0.4, -0.2) is 53.7 Å². The van der Waals surface area contributed by atoms with E-state index in [1.165, 1.54) is 18.2 Å². The summed E-state index contributed by atoms with van der Waals surface area (Å²) in [5, 5.41) is 40.6. The number of phenols is 1. The van der Waals surface area contributed by atoms with E-state index >= 15 is 0 Å². The predicted molar refractivity (Wildman–Crippen MR) is 142 cm³/mol. The normalized spacial score (nSPS) is 18.4. The van der Waals surface area contributed by atoms with Crippen molar-refractivity contribution in [2.24, 2.45) is 4.99 Å². The number of β-amino-alcohol motifs (C(OH)–C–C–N with tert-alkyl or cyclic N) is 1. The van der Waals surface area contributed by atoms with E-state index in [9.17, 15) is 25.1 Å². The minimum atomic E-state index is -0.563. The molecule has 0 bridgehead atoms. The quantitative estimate of drug-likeness (QED) is 0.285. The average molecular weight is 569 g/mol. The molecule has 6 N–H and O–H groups in total. The summed E-state index contributed by atoms with van der Waals surface area (Å²) in [6.07, 6.45) is 1.72. The van der Waals surface area contributed by atoms with E-state index in [0.29, 0.717) is 24.6 Å². The summed E-state index contributed by atoms with van der Waals surface area (Å²) in [6, 6.07) is 12.2. The number of nitrogens with one attached hydrogen (secondary N) is 4. The molecule has 1 heterocycles. The van der Waals surface area contributed by atoms with Gasteiger partial charge in [0.05, 0.1) is 36.7 Å². The monoisotopic (exact) mass is 568 g/mol. The molecule has 0 saturated heterocycles. The smallest absolute Gasteiger partial charge is 0.251 e. The molecular formula is C26H29BrN6O4. The Kier molecular flexibility index (Phi) is 8.00. The number of anilines is 1. The number of guanidine groups is 1. The Morgan fingerprint density at radius 1 is 1.27 bits per heavy atom. The summed E-state index contributed by atoms with van der Waals surface area (Å²) < 4.78 is 0.849. The van der Waals surface area contributed by atoms with Crippen molar-refractivity contribution in [2.75, 3.05) is 25.0 Å². The van der Waals surface area contributed by atoms with Gasteiger partial charge in [-0.3, -0.25) is 14.6 Å². The number of halogens is 1. The minimum Gasteiger partial charge on any atom is -0.508 e. The molecule has 2 aliphatic rings. The van der Waals surface area contributed by atoms with Gasteiger partial charge in [0.1, 0.15) is 5.75 Å². The second-order valence-electron chi connectivity index (χ2n) is 9.30. The number of carbonyl (C=O) groups is 2. The van der Waals surface area contributed by atoms with Crippen molar-refractivity contribution in [1.82, 2.24) is 16.0 Å². The molecule has 0 radical (unpaired) electrons. The van der Waals surface area contributed by atoms with E-state index in [2.05, 4.69) is 48.3 Å². The number of carbonyl (C=O) groups excluding carboxylic acids is 2. The number of nitriles is 1. The third-order valence-electron chi connectivity index (χ3n) is 6.40. The molecule has 2 amide bonds. The number of nitrogens with zero attached hydrogens (tertiary/aromatic N) is 2. The fraction of sp³-hybridized carbons (Fsp3) is 0.385. The average Bonchev–Trinajstić information content (AvgIpc) is 3.68. The zero-order chi connectivity index (χ0) is 26.6. The first-order chi connectivity index (χ1) is 17.7. The second-order valence-corrected chi connectivity index (χ2v) is 10.2. The molecule has 2 atom stereocenters. The summed E-state index contributed by atoms with van der Waals surface area (Å²) in [7, 11) is 0. The number of amides is 2. The fourth-order valence-electron chi connectivity index (χ4n) is 4.18. The highest BCUT2D eigenvalue weighted by atomic mass is 79.9. The Morgan fingerprint density at radius 3 is 2.70 bits per heavy atom. The first-order valence-corrected chi connectivity index (χ1v) is 12.9. The largest absolute Gasteiger partial charge is 0.508 e. The maximum Gasteiger partial charge on any atom is 0.251 e. The van der Waals surface area contributed by atoms with Gasteiger partial charge in [-0.25, -0.2) is 0 Å². The van der Waals surface area contributed by atoms with E-state index in [0.717, 1.165) is 28.4 Å². The lowest BCUT2D eigenvalue weighted by atomic mass is 9.93. The number of aliphatic imine (C=N–C) groups is 1. The van der Waals surface area contributed by atoms with E-state index in [1.54, 1.807) is 0 Å². The first-order valence-electron chi connectivity index (χ1n) is 12.1. The highest BCUT2D eigenvalue weighted by Crippen LogP contribution is 2.48. The van der Waals surface area contributed by atoms with Crippen LogP contribution < -0.4 is 21.3 Å². The molecular weight excluding hydrogens is 540 g/mol. The summed E-state index contributed by atoms with van der Waals surface area (Å²) in [6.45, 7) is 2.29. The van der Waals surface area contributed by atoms with Crippen molar-refractivity contribution >= 4 is 39.4 Å². The van der Waals surface area contributed by atoms with E-state index in [1.807, 2.05) is 25.1 Å². The number of hydrogen-bond acceptors (Lipinski definition) is 8. The van der Waals surface area contributed by atoms with E-state index < -0.39 is 17.4 Å². The van der Waals surface area contributed by atoms with Gasteiger partial charge >= 0.3 is 0 Å². The molecule has 194 valence electrons. The van der Waals surface area contributed by atoms with Gasteiger partial charge in [-0.15, -0.1) is 0 Å². The maximum absolute atomic E-state index is 12.7. The van der Waals surface area contributed by atoms with Crippen LogP contribution in [0.5, 0.6) is 5.75 Å². The second kappa shape index (κ2) is 11.2. The van der Waals surface area contributed by atoms with Crippen LogP contribution in [0, 0.1) is 11.3 Å². The molecule has 11 heteroatoms. The Bertz CT molecular complexity index is 1270. The zero-order valence-electron chi connectivity index (χ0n) is 20.3. The lowest BCUT2D eigenvalue weighted by Crippen LogP contribution is -2.42. The third kappa shape index (κ3) is 6.58. The number of aliphatic hydroxyl groups is 1. The van der Waals surface area contributed by atoms with E-state index in [4.69, 9.17) is 0 Å². The van der Waals surface area contributed by atoms with Gasteiger partial charge in [-0.2, -0.15) is 5.26 Å². The van der Waals surface area contributed by atoms with Crippen LogP contribution in [0.25, 0.3) is 0 Å². The molecule has 1 aliphatic carbocycles. The highest BCUT2D eigenvalue weighted by molar-refractivity contribution is 9.10. The van der Waals surface area contributed by atoms with Gasteiger partial charge in [-0.05, 0) is 54.7 Å². The van der Waals surface area contributed by atoms with Crippen molar-refractivity contribution in [1.29, 1.82) is 5.26 Å². The minimum absolute atomic E-state index is 0.127. The van der Waals surface area contributed by atoms with Gasteiger partial charge < -0.3 is 31.5 Å². The lowest BCUT2D eigenvalue weighted by molar-refractivity contribution is -0.120. The molecule has 2 aromatic carbocycles. The molecule has 37 heavy (non-hydrogen) atoms. The Hall–Kier alpha value is -3.62. The number of phenolic OH excluding ortho intramolecular Hbond substituents is 1. The molecule has 4 rings (SSSR count). The summed E-state index contributed by atoms with van der Waals surface area (Å²) in [5.74, 6) is -0.588. The molecule has 2 aromatic rings. The van der Waals surface area contributed by atoms with Crippen LogP contribution in [0.15, 0.2) is 45.9 Å². The summed E-state index contributed by atoms with van der Waals surface area (Å²) in [4.78, 5) is 29.5. The fourth-order valence-corrected chi connectivity index (χ4v) is 4.69.